The van der Waals surface area contributed by atoms with E-state index in [1.807, 2.05) is 13.8 Å². The summed E-state index contributed by atoms with van der Waals surface area (Å²) in [6.07, 6.45) is 0.449. The Morgan fingerprint density at radius 3 is 2.62 bits per heavy atom. The molecule has 0 radical (unpaired) electrons. The summed E-state index contributed by atoms with van der Waals surface area (Å²) in [5.74, 6) is -0.800. The maximum absolute atomic E-state index is 11.9. The van der Waals surface area contributed by atoms with Crippen LogP contribution in [0.3, 0.4) is 0 Å². The van der Waals surface area contributed by atoms with Crippen LogP contribution in [-0.2, 0) is 9.59 Å². The number of amides is 1. The topological polar surface area (TPSA) is 60.9 Å². The van der Waals surface area contributed by atoms with E-state index in [-0.39, 0.29) is 24.4 Å². The van der Waals surface area contributed by atoms with Crippen molar-refractivity contribution in [2.24, 2.45) is 0 Å². The molecule has 1 saturated heterocycles. The van der Waals surface area contributed by atoms with E-state index < -0.39 is 5.97 Å². The Morgan fingerprint density at radius 1 is 1.50 bits per heavy atom. The third-order valence-corrected chi connectivity index (χ3v) is 3.05. The molecule has 1 amide bonds. The molecule has 1 N–H and O–H groups in total. The normalized spacial score (nSPS) is 22.9. The number of rotatable bonds is 4. The Balaban J connectivity index is 2.69. The molecule has 1 fully saturated rings. The number of hydrogen-bond acceptors (Lipinski definition) is 3. The lowest BCUT2D eigenvalue weighted by molar-refractivity contribution is -0.143. The summed E-state index contributed by atoms with van der Waals surface area (Å²) in [6, 6.07) is 0.00583. The second-order valence-corrected chi connectivity index (χ2v) is 4.54. The quantitative estimate of drug-likeness (QED) is 0.756. The molecule has 0 aliphatic carbocycles. The molecule has 16 heavy (non-hydrogen) atoms. The van der Waals surface area contributed by atoms with Gasteiger partial charge in [0.2, 0.25) is 5.91 Å². The van der Waals surface area contributed by atoms with Gasteiger partial charge in [-0.2, -0.15) is 0 Å². The highest BCUT2D eigenvalue weighted by Gasteiger charge is 2.34. The molecule has 1 rings (SSSR count). The van der Waals surface area contributed by atoms with Crippen molar-refractivity contribution in [3.8, 4) is 0 Å². The molecule has 0 aromatic rings. The highest BCUT2D eigenvalue weighted by Crippen LogP contribution is 2.17. The van der Waals surface area contributed by atoms with E-state index in [1.54, 1.807) is 11.9 Å². The van der Waals surface area contributed by atoms with E-state index in [0.29, 0.717) is 6.42 Å². The lowest BCUT2D eigenvalue weighted by atomic mass is 10.0. The molecule has 1 aliphatic heterocycles. The number of nitrogens with zero attached hydrogens (tertiary/aromatic N) is 2. The van der Waals surface area contributed by atoms with Crippen LogP contribution in [0.2, 0.25) is 0 Å². The van der Waals surface area contributed by atoms with Crippen LogP contribution < -0.4 is 0 Å². The van der Waals surface area contributed by atoms with Crippen LogP contribution in [0.25, 0.3) is 0 Å². The van der Waals surface area contributed by atoms with E-state index in [9.17, 15) is 9.59 Å². The second kappa shape index (κ2) is 5.30. The first-order chi connectivity index (χ1) is 7.43. The lowest BCUT2D eigenvalue weighted by Crippen LogP contribution is -2.57. The van der Waals surface area contributed by atoms with E-state index in [0.717, 1.165) is 13.1 Å². The van der Waals surface area contributed by atoms with Crippen LogP contribution in [0.4, 0.5) is 0 Å². The summed E-state index contributed by atoms with van der Waals surface area (Å²) in [7, 11) is 1.77. The Morgan fingerprint density at radius 2 is 2.12 bits per heavy atom. The molecular formula is C11H20N2O3. The monoisotopic (exact) mass is 228 g/mol. The number of carboxylic acids is 1. The van der Waals surface area contributed by atoms with Gasteiger partial charge in [0.1, 0.15) is 0 Å². The Hall–Kier alpha value is -1.10. The molecule has 0 saturated carbocycles. The molecule has 1 atom stereocenters. The molecule has 1 heterocycles. The molecule has 0 aromatic carbocycles. The Kier molecular flexibility index (Phi) is 4.29. The molecule has 1 aliphatic rings. The number of carbonyl (C=O) groups excluding carboxylic acids is 1. The maximum atomic E-state index is 11.9. The molecule has 92 valence electrons. The Bertz CT molecular complexity index is 278. The highest BCUT2D eigenvalue weighted by atomic mass is 16.4. The van der Waals surface area contributed by atoms with Gasteiger partial charge in [-0.25, -0.2) is 0 Å². The van der Waals surface area contributed by atoms with Crippen LogP contribution in [0.5, 0.6) is 0 Å². The molecule has 0 aromatic heterocycles. The minimum atomic E-state index is -0.843. The van der Waals surface area contributed by atoms with Crippen molar-refractivity contribution in [2.45, 2.75) is 38.8 Å². The van der Waals surface area contributed by atoms with Crippen LogP contribution >= 0.6 is 0 Å². The number of carbonyl (C=O) groups is 2. The van der Waals surface area contributed by atoms with Gasteiger partial charge in [-0.3, -0.25) is 14.5 Å². The van der Waals surface area contributed by atoms with E-state index in [1.165, 1.54) is 0 Å². The van der Waals surface area contributed by atoms with Gasteiger partial charge >= 0.3 is 5.97 Å². The second-order valence-electron chi connectivity index (χ2n) is 4.54. The summed E-state index contributed by atoms with van der Waals surface area (Å²) >= 11 is 0. The maximum Gasteiger partial charge on any atom is 0.303 e. The average molecular weight is 228 g/mol. The minimum Gasteiger partial charge on any atom is -0.481 e. The zero-order chi connectivity index (χ0) is 12.3. The predicted octanol–water partition coefficient (Wildman–Crippen LogP) is 0.402. The molecule has 0 bridgehead atoms. The number of carboxylic acid groups (broad SMARTS) is 1. The van der Waals surface area contributed by atoms with Gasteiger partial charge in [0.15, 0.2) is 0 Å². The largest absolute Gasteiger partial charge is 0.481 e. The van der Waals surface area contributed by atoms with Crippen molar-refractivity contribution < 1.29 is 14.7 Å². The molecule has 5 nitrogen and oxygen atoms in total. The standard InChI is InChI=1S/C11H20N2O3/c1-8(2)13-7-6-12(3)11(16)9(13)4-5-10(14)15/h8-9H,4-7H2,1-3H3,(H,14,15). The fourth-order valence-electron chi connectivity index (χ4n) is 2.10. The van der Waals surface area contributed by atoms with Gasteiger partial charge in [0.05, 0.1) is 6.04 Å². The van der Waals surface area contributed by atoms with E-state index in [4.69, 9.17) is 5.11 Å². The van der Waals surface area contributed by atoms with Crippen LogP contribution in [0.15, 0.2) is 0 Å². The SMILES string of the molecule is CC(C)N1CCN(C)C(=O)C1CCC(=O)O. The number of piperazine rings is 1. The summed E-state index contributed by atoms with van der Waals surface area (Å²) in [4.78, 5) is 26.3. The van der Waals surface area contributed by atoms with Crippen molar-refractivity contribution in [1.82, 2.24) is 9.80 Å². The number of hydrogen-bond donors (Lipinski definition) is 1. The number of aliphatic carboxylic acids is 1. The number of likely N-dealkylation sites (N-methyl/N-ethyl adjacent to an activating group) is 1. The highest BCUT2D eigenvalue weighted by molar-refractivity contribution is 5.83. The molecular weight excluding hydrogens is 208 g/mol. The summed E-state index contributed by atoms with van der Waals surface area (Å²) in [5, 5.41) is 8.68. The fourth-order valence-corrected chi connectivity index (χ4v) is 2.10. The van der Waals surface area contributed by atoms with Crippen LogP contribution in [-0.4, -0.2) is 59.0 Å². The van der Waals surface area contributed by atoms with Crippen molar-refractivity contribution >= 4 is 11.9 Å². The first-order valence-electron chi connectivity index (χ1n) is 5.66. The van der Waals surface area contributed by atoms with E-state index >= 15 is 0 Å². The van der Waals surface area contributed by atoms with Crippen molar-refractivity contribution in [3.63, 3.8) is 0 Å². The van der Waals surface area contributed by atoms with Gasteiger partial charge < -0.3 is 10.0 Å². The Labute approximate surface area is 96.0 Å². The average Bonchev–Trinajstić information content (AvgIpc) is 2.19. The molecule has 5 heteroatoms. The lowest BCUT2D eigenvalue weighted by Gasteiger charge is -2.41. The van der Waals surface area contributed by atoms with Gasteiger partial charge in [-0.05, 0) is 20.3 Å². The third-order valence-electron chi connectivity index (χ3n) is 3.05. The smallest absolute Gasteiger partial charge is 0.303 e. The van der Waals surface area contributed by atoms with Gasteiger partial charge in [0, 0.05) is 32.6 Å². The summed E-state index contributed by atoms with van der Waals surface area (Å²) < 4.78 is 0. The van der Waals surface area contributed by atoms with Gasteiger partial charge in [-0.15, -0.1) is 0 Å². The first kappa shape index (κ1) is 13.0. The zero-order valence-corrected chi connectivity index (χ0v) is 10.1. The first-order valence-corrected chi connectivity index (χ1v) is 5.66. The fraction of sp³-hybridized carbons (Fsp3) is 0.818. The van der Waals surface area contributed by atoms with Crippen molar-refractivity contribution in [3.05, 3.63) is 0 Å². The predicted molar refractivity (Wildman–Crippen MR) is 60.1 cm³/mol. The summed E-state index contributed by atoms with van der Waals surface area (Å²) in [6.45, 7) is 5.61. The van der Waals surface area contributed by atoms with Gasteiger partial charge in [0.25, 0.3) is 0 Å². The third kappa shape index (κ3) is 2.95. The van der Waals surface area contributed by atoms with Crippen molar-refractivity contribution in [1.29, 1.82) is 0 Å². The molecule has 0 spiro atoms. The molecule has 1 unspecified atom stereocenters. The van der Waals surface area contributed by atoms with E-state index in [2.05, 4.69) is 4.90 Å². The minimum absolute atomic E-state index is 0.0428. The summed E-state index contributed by atoms with van der Waals surface area (Å²) in [5.41, 5.74) is 0. The van der Waals surface area contributed by atoms with Gasteiger partial charge in [-0.1, -0.05) is 0 Å². The van der Waals surface area contributed by atoms with Crippen LogP contribution in [0.1, 0.15) is 26.7 Å². The van der Waals surface area contributed by atoms with Crippen molar-refractivity contribution in [2.75, 3.05) is 20.1 Å². The van der Waals surface area contributed by atoms with Crippen LogP contribution in [0, 0.1) is 0 Å². The zero-order valence-electron chi connectivity index (χ0n) is 10.1.